The molecule has 0 saturated carbocycles. The molecule has 16 heavy (non-hydrogen) atoms. The van der Waals surface area contributed by atoms with E-state index in [0.717, 1.165) is 11.3 Å². The van der Waals surface area contributed by atoms with Crippen LogP contribution in [0.15, 0.2) is 36.4 Å². The molecular formula is C14H12OS. The predicted octanol–water partition coefficient (Wildman–Crippen LogP) is 3.52. The Bertz CT molecular complexity index is 564. The van der Waals surface area contributed by atoms with Crippen molar-refractivity contribution < 1.29 is 4.74 Å². The molecule has 1 nitrogen and oxygen atoms in total. The van der Waals surface area contributed by atoms with E-state index in [-0.39, 0.29) is 0 Å². The average Bonchev–Trinajstić information content (AvgIpc) is 2.35. The summed E-state index contributed by atoms with van der Waals surface area (Å²) in [5.74, 6) is 3.98. The Balaban J connectivity index is 2.47. The van der Waals surface area contributed by atoms with Gasteiger partial charge in [-0.1, -0.05) is 29.8 Å². The van der Waals surface area contributed by atoms with Crippen LogP contribution in [0.5, 0.6) is 5.75 Å². The molecule has 0 spiro atoms. The van der Waals surface area contributed by atoms with Gasteiger partial charge in [-0.2, -0.15) is 0 Å². The van der Waals surface area contributed by atoms with Crippen molar-refractivity contribution >= 4 is 22.5 Å². The maximum Gasteiger partial charge on any atom is 0.119 e. The number of ether oxygens (including phenoxy) is 1. The summed E-state index contributed by atoms with van der Waals surface area (Å²) in [4.78, 5) is 0. The smallest absolute Gasteiger partial charge is 0.119 e. The van der Waals surface area contributed by atoms with Crippen LogP contribution in [0.2, 0.25) is 0 Å². The van der Waals surface area contributed by atoms with E-state index in [0.29, 0.717) is 0 Å². The summed E-state index contributed by atoms with van der Waals surface area (Å²) < 4.78 is 5.19. The van der Waals surface area contributed by atoms with Gasteiger partial charge in [-0.05, 0) is 46.5 Å². The molecule has 80 valence electrons. The first-order valence-electron chi connectivity index (χ1n) is 4.95. The lowest BCUT2D eigenvalue weighted by molar-refractivity contribution is 0.415. The van der Waals surface area contributed by atoms with Crippen molar-refractivity contribution in [2.24, 2.45) is 0 Å². The van der Waals surface area contributed by atoms with Crippen molar-refractivity contribution in [1.82, 2.24) is 0 Å². The highest BCUT2D eigenvalue weighted by molar-refractivity contribution is 8.03. The minimum absolute atomic E-state index is 0.885. The summed E-state index contributed by atoms with van der Waals surface area (Å²) in [6, 6.07) is 12.2. The third-order valence-corrected chi connectivity index (χ3v) is 2.65. The van der Waals surface area contributed by atoms with Gasteiger partial charge in [0, 0.05) is 5.56 Å². The second-order valence-electron chi connectivity index (χ2n) is 3.36. The van der Waals surface area contributed by atoms with Crippen molar-refractivity contribution in [2.45, 2.75) is 0 Å². The Hall–Kier alpha value is -1.59. The van der Waals surface area contributed by atoms with Gasteiger partial charge in [0.1, 0.15) is 5.75 Å². The second kappa shape index (κ2) is 4.96. The first kappa shape index (κ1) is 10.9. The number of thioether (sulfide) groups is 1. The minimum atomic E-state index is 0.885. The SMILES string of the molecule is COc1ccc2cc(C#CSC)ccc2c1. The summed E-state index contributed by atoms with van der Waals surface area (Å²) >= 11 is 1.53. The van der Waals surface area contributed by atoms with Gasteiger partial charge in [0.15, 0.2) is 0 Å². The van der Waals surface area contributed by atoms with Crippen LogP contribution in [0, 0.1) is 11.2 Å². The largest absolute Gasteiger partial charge is 0.497 e. The molecule has 2 heteroatoms. The fourth-order valence-electron chi connectivity index (χ4n) is 1.54. The average molecular weight is 228 g/mol. The molecular weight excluding hydrogens is 216 g/mol. The summed E-state index contributed by atoms with van der Waals surface area (Å²) in [6.07, 6.45) is 1.97. The molecule has 0 amide bonds. The molecule has 0 radical (unpaired) electrons. The maximum atomic E-state index is 5.19. The third kappa shape index (κ3) is 2.32. The van der Waals surface area contributed by atoms with Crippen molar-refractivity contribution in [3.63, 3.8) is 0 Å². The standard InChI is InChI=1S/C14H12OS/c1-15-14-6-5-12-9-11(7-8-16-2)3-4-13(12)10-14/h3-6,9-10H,1-2H3. The molecule has 0 N–H and O–H groups in total. The molecule has 0 fully saturated rings. The van der Waals surface area contributed by atoms with Gasteiger partial charge in [-0.3, -0.25) is 0 Å². The van der Waals surface area contributed by atoms with E-state index >= 15 is 0 Å². The van der Waals surface area contributed by atoms with E-state index in [4.69, 9.17) is 4.74 Å². The quantitative estimate of drug-likeness (QED) is 0.691. The Labute approximate surface area is 99.8 Å². The normalized spacial score (nSPS) is 9.62. The van der Waals surface area contributed by atoms with Crippen LogP contribution in [0.3, 0.4) is 0 Å². The molecule has 0 heterocycles. The lowest BCUT2D eigenvalue weighted by Gasteiger charge is -2.02. The fourth-order valence-corrected chi connectivity index (χ4v) is 1.76. The zero-order valence-corrected chi connectivity index (χ0v) is 10.1. The Kier molecular flexibility index (Phi) is 3.38. The van der Waals surface area contributed by atoms with Crippen LogP contribution in [0.1, 0.15) is 5.56 Å². The van der Waals surface area contributed by atoms with Crippen molar-refractivity contribution in [2.75, 3.05) is 13.4 Å². The Morgan fingerprint density at radius 2 is 1.81 bits per heavy atom. The van der Waals surface area contributed by atoms with Gasteiger partial charge < -0.3 is 4.74 Å². The van der Waals surface area contributed by atoms with Crippen molar-refractivity contribution in [3.8, 4) is 16.9 Å². The Morgan fingerprint density at radius 3 is 2.56 bits per heavy atom. The van der Waals surface area contributed by atoms with Crippen molar-refractivity contribution in [3.05, 3.63) is 42.0 Å². The summed E-state index contributed by atoms with van der Waals surface area (Å²) in [5.41, 5.74) is 1.05. The third-order valence-electron chi connectivity index (χ3n) is 2.34. The number of fused-ring (bicyclic) bond motifs is 1. The van der Waals surface area contributed by atoms with E-state index in [1.165, 1.54) is 22.5 Å². The monoisotopic (exact) mass is 228 g/mol. The predicted molar refractivity (Wildman–Crippen MR) is 70.9 cm³/mol. The highest BCUT2D eigenvalue weighted by atomic mass is 32.2. The number of methoxy groups -OCH3 is 1. The summed E-state index contributed by atoms with van der Waals surface area (Å²) in [5, 5.41) is 5.36. The van der Waals surface area contributed by atoms with Crippen LogP contribution in [-0.2, 0) is 0 Å². The van der Waals surface area contributed by atoms with Crippen LogP contribution in [0.4, 0.5) is 0 Å². The molecule has 0 aliphatic rings. The number of hydrogen-bond acceptors (Lipinski definition) is 2. The van der Waals surface area contributed by atoms with Crippen LogP contribution < -0.4 is 4.74 Å². The van der Waals surface area contributed by atoms with Gasteiger partial charge >= 0.3 is 0 Å². The second-order valence-corrected chi connectivity index (χ2v) is 3.97. The highest BCUT2D eigenvalue weighted by Crippen LogP contribution is 2.21. The zero-order chi connectivity index (χ0) is 11.4. The molecule has 0 saturated heterocycles. The van der Waals surface area contributed by atoms with E-state index < -0.39 is 0 Å². The molecule has 0 bridgehead atoms. The number of benzene rings is 2. The molecule has 0 aliphatic heterocycles. The van der Waals surface area contributed by atoms with E-state index in [2.05, 4.69) is 29.4 Å². The first-order valence-corrected chi connectivity index (χ1v) is 6.18. The zero-order valence-electron chi connectivity index (χ0n) is 9.28. The molecule has 2 aromatic carbocycles. The van der Waals surface area contributed by atoms with Gasteiger partial charge in [-0.25, -0.2) is 0 Å². The van der Waals surface area contributed by atoms with Gasteiger partial charge in [-0.15, -0.1) is 0 Å². The van der Waals surface area contributed by atoms with Crippen LogP contribution in [-0.4, -0.2) is 13.4 Å². The van der Waals surface area contributed by atoms with Crippen LogP contribution in [0.25, 0.3) is 10.8 Å². The van der Waals surface area contributed by atoms with Crippen LogP contribution >= 0.6 is 11.8 Å². The van der Waals surface area contributed by atoms with Gasteiger partial charge in [0.05, 0.1) is 7.11 Å². The van der Waals surface area contributed by atoms with E-state index in [1.807, 2.05) is 24.5 Å². The lowest BCUT2D eigenvalue weighted by Crippen LogP contribution is -1.82. The fraction of sp³-hybridized carbons (Fsp3) is 0.143. The molecule has 2 aromatic rings. The van der Waals surface area contributed by atoms with E-state index in [1.54, 1.807) is 7.11 Å². The molecule has 0 aromatic heterocycles. The molecule has 0 unspecified atom stereocenters. The number of hydrogen-bond donors (Lipinski definition) is 0. The lowest BCUT2D eigenvalue weighted by atomic mass is 10.1. The van der Waals surface area contributed by atoms with Gasteiger partial charge in [0.25, 0.3) is 0 Å². The Morgan fingerprint density at radius 1 is 1.06 bits per heavy atom. The summed E-state index contributed by atoms with van der Waals surface area (Å²) in [6.45, 7) is 0. The molecule has 0 atom stereocenters. The van der Waals surface area contributed by atoms with Gasteiger partial charge in [0.2, 0.25) is 0 Å². The maximum absolute atomic E-state index is 5.19. The first-order chi connectivity index (χ1) is 7.83. The topological polar surface area (TPSA) is 9.23 Å². The molecule has 0 aliphatic carbocycles. The highest BCUT2D eigenvalue weighted by Gasteiger charge is 1.96. The molecule has 2 rings (SSSR count). The number of rotatable bonds is 1. The van der Waals surface area contributed by atoms with E-state index in [9.17, 15) is 0 Å². The summed E-state index contributed by atoms with van der Waals surface area (Å²) in [7, 11) is 1.68. The van der Waals surface area contributed by atoms with Crippen molar-refractivity contribution in [1.29, 1.82) is 0 Å². The minimum Gasteiger partial charge on any atom is -0.497 e.